The van der Waals surface area contributed by atoms with Crippen LogP contribution in [0.4, 0.5) is 0 Å². The molecular weight excluding hydrogens is 737 g/mol. The number of rotatable bonds is 43. The molecule has 0 rings (SSSR count). The van der Waals surface area contributed by atoms with Gasteiger partial charge in [-0.25, -0.2) is 4.57 Å². The van der Waals surface area contributed by atoms with E-state index >= 15 is 0 Å². The van der Waals surface area contributed by atoms with Crippen LogP contribution in [-0.2, 0) is 32.7 Å². The molecule has 10 heteroatoms. The van der Waals surface area contributed by atoms with Crippen molar-refractivity contribution < 1.29 is 42.1 Å². The molecule has 0 aliphatic carbocycles. The number of hydrogen-bond donors (Lipinski definition) is 1. The lowest BCUT2D eigenvalue weighted by Crippen LogP contribution is -2.37. The van der Waals surface area contributed by atoms with Gasteiger partial charge in [-0.2, -0.15) is 0 Å². The van der Waals surface area contributed by atoms with Gasteiger partial charge in [0.05, 0.1) is 27.7 Å². The van der Waals surface area contributed by atoms with Gasteiger partial charge in [0.15, 0.2) is 6.10 Å². The van der Waals surface area contributed by atoms with E-state index in [9.17, 15) is 19.0 Å². The summed E-state index contributed by atoms with van der Waals surface area (Å²) in [5.41, 5.74) is 0. The molecular formula is C47H91NO8P+. The number of allylic oxidation sites excluding steroid dienone is 4. The summed E-state index contributed by atoms with van der Waals surface area (Å²) in [5.74, 6) is -0.804. The summed E-state index contributed by atoms with van der Waals surface area (Å²) in [6.45, 7) is 4.42. The normalized spacial score (nSPS) is 13.7. The molecule has 0 fully saturated rings. The van der Waals surface area contributed by atoms with Crippen molar-refractivity contribution in [1.29, 1.82) is 0 Å². The zero-order valence-electron chi connectivity index (χ0n) is 37.8. The Morgan fingerprint density at radius 3 is 1.30 bits per heavy atom. The minimum atomic E-state index is -4.37. The van der Waals surface area contributed by atoms with E-state index in [0.717, 1.165) is 51.4 Å². The maximum Gasteiger partial charge on any atom is 0.472 e. The highest BCUT2D eigenvalue weighted by molar-refractivity contribution is 7.47. The van der Waals surface area contributed by atoms with Crippen molar-refractivity contribution in [2.75, 3.05) is 47.5 Å². The number of unbranched alkanes of at least 4 members (excludes halogenated alkanes) is 25. The SMILES string of the molecule is CCCCCCC/C=C/CCCCCCCC(=O)O[C@@H](COC(=O)CCCCCCCCCCC/C=C/CCCCCCCC)COP(=O)(O)OCC[N+](C)(C)C. The van der Waals surface area contributed by atoms with Crippen molar-refractivity contribution in [2.45, 2.75) is 219 Å². The standard InChI is InChI=1S/C47H90NO8P/c1-6-8-10-12-14-16-18-20-22-23-24-25-26-28-29-31-33-35-37-39-46(49)53-43-45(44-55-57(51,52)54-42-41-48(3,4)5)56-47(50)40-38-36-34-32-30-27-21-19-17-15-13-11-9-7-2/h19-22,45H,6-18,23-44H2,1-5H3/p+1/b21-19+,22-20+/t45-/m0/s1. The van der Waals surface area contributed by atoms with Crippen LogP contribution in [0.15, 0.2) is 24.3 Å². The maximum absolute atomic E-state index is 12.7. The smallest absolute Gasteiger partial charge is 0.462 e. The number of likely N-dealkylation sites (N-methyl/N-ethyl adjacent to an activating group) is 1. The quantitative estimate of drug-likeness (QED) is 0.0213. The van der Waals surface area contributed by atoms with Gasteiger partial charge < -0.3 is 18.9 Å². The number of esters is 2. The molecule has 0 aromatic carbocycles. The second-order valence-corrected chi connectivity index (χ2v) is 18.6. The molecule has 0 spiro atoms. The summed E-state index contributed by atoms with van der Waals surface area (Å²) in [6, 6.07) is 0. The molecule has 1 unspecified atom stereocenters. The molecule has 0 aromatic heterocycles. The molecule has 1 N–H and O–H groups in total. The Bertz CT molecular complexity index is 1030. The van der Waals surface area contributed by atoms with Crippen LogP contribution >= 0.6 is 7.82 Å². The van der Waals surface area contributed by atoms with Crippen LogP contribution in [0.5, 0.6) is 0 Å². The van der Waals surface area contributed by atoms with Crippen molar-refractivity contribution in [3.05, 3.63) is 24.3 Å². The largest absolute Gasteiger partial charge is 0.472 e. The summed E-state index contributed by atoms with van der Waals surface area (Å²) in [6.07, 6.45) is 43.6. The molecule has 0 bridgehead atoms. The number of carbonyl (C=O) groups is 2. The van der Waals surface area contributed by atoms with Gasteiger partial charge in [-0.05, 0) is 64.2 Å². The summed E-state index contributed by atoms with van der Waals surface area (Å²) in [4.78, 5) is 35.4. The van der Waals surface area contributed by atoms with E-state index in [1.54, 1.807) is 0 Å². The topological polar surface area (TPSA) is 108 Å². The summed E-state index contributed by atoms with van der Waals surface area (Å²) >= 11 is 0. The second-order valence-electron chi connectivity index (χ2n) is 17.1. The molecule has 0 saturated heterocycles. The van der Waals surface area contributed by atoms with Crippen molar-refractivity contribution >= 4 is 19.8 Å². The monoisotopic (exact) mass is 829 g/mol. The van der Waals surface area contributed by atoms with Crippen LogP contribution in [0.2, 0.25) is 0 Å². The number of ether oxygens (including phenoxy) is 2. The third-order valence-corrected chi connectivity index (χ3v) is 11.2. The Morgan fingerprint density at radius 2 is 0.895 bits per heavy atom. The van der Waals surface area contributed by atoms with Gasteiger partial charge in [0.1, 0.15) is 19.8 Å². The first-order chi connectivity index (χ1) is 27.5. The number of carbonyl (C=O) groups excluding carboxylic acids is 2. The van der Waals surface area contributed by atoms with Gasteiger partial charge in [-0.3, -0.25) is 18.6 Å². The first kappa shape index (κ1) is 55.5. The van der Waals surface area contributed by atoms with Crippen molar-refractivity contribution in [2.24, 2.45) is 0 Å². The molecule has 9 nitrogen and oxygen atoms in total. The van der Waals surface area contributed by atoms with Crippen molar-refractivity contribution in [3.8, 4) is 0 Å². The van der Waals surface area contributed by atoms with E-state index in [2.05, 4.69) is 38.2 Å². The molecule has 0 amide bonds. The number of hydrogen-bond acceptors (Lipinski definition) is 7. The average Bonchev–Trinajstić information content (AvgIpc) is 3.16. The molecule has 0 heterocycles. The van der Waals surface area contributed by atoms with Crippen LogP contribution in [0.1, 0.15) is 213 Å². The Balaban J connectivity index is 4.29. The highest BCUT2D eigenvalue weighted by Crippen LogP contribution is 2.43. The summed E-state index contributed by atoms with van der Waals surface area (Å²) in [7, 11) is 1.47. The molecule has 0 radical (unpaired) electrons. The number of quaternary nitrogens is 1. The van der Waals surface area contributed by atoms with Crippen LogP contribution in [0.3, 0.4) is 0 Å². The van der Waals surface area contributed by atoms with Crippen molar-refractivity contribution in [3.63, 3.8) is 0 Å². The second kappa shape index (κ2) is 39.9. The minimum absolute atomic E-state index is 0.0311. The zero-order valence-corrected chi connectivity index (χ0v) is 38.7. The van der Waals surface area contributed by atoms with E-state index in [1.807, 2.05) is 21.1 Å². The van der Waals surface area contributed by atoms with Gasteiger partial charge in [0, 0.05) is 12.8 Å². The van der Waals surface area contributed by atoms with Gasteiger partial charge in [-0.1, -0.05) is 160 Å². The van der Waals surface area contributed by atoms with Gasteiger partial charge >= 0.3 is 19.8 Å². The van der Waals surface area contributed by atoms with Crippen LogP contribution in [-0.4, -0.2) is 74.9 Å². The number of nitrogens with zero attached hydrogens (tertiary/aromatic N) is 1. The third-order valence-electron chi connectivity index (χ3n) is 10.2. The molecule has 0 saturated carbocycles. The van der Waals surface area contributed by atoms with E-state index < -0.39 is 26.5 Å². The fourth-order valence-electron chi connectivity index (χ4n) is 6.47. The first-order valence-corrected chi connectivity index (χ1v) is 25.1. The Morgan fingerprint density at radius 1 is 0.526 bits per heavy atom. The lowest BCUT2D eigenvalue weighted by molar-refractivity contribution is -0.870. The van der Waals surface area contributed by atoms with Gasteiger partial charge in [0.25, 0.3) is 0 Å². The van der Waals surface area contributed by atoms with Crippen LogP contribution < -0.4 is 0 Å². The fraction of sp³-hybridized carbons (Fsp3) is 0.872. The van der Waals surface area contributed by atoms with E-state index in [4.69, 9.17) is 18.5 Å². The molecule has 0 aliphatic rings. The van der Waals surface area contributed by atoms with Gasteiger partial charge in [0.2, 0.25) is 0 Å². The maximum atomic E-state index is 12.7. The lowest BCUT2D eigenvalue weighted by atomic mass is 10.1. The predicted octanol–water partition coefficient (Wildman–Crippen LogP) is 13.5. The summed E-state index contributed by atoms with van der Waals surface area (Å²) in [5, 5.41) is 0. The van der Waals surface area contributed by atoms with Gasteiger partial charge in [-0.15, -0.1) is 0 Å². The highest BCUT2D eigenvalue weighted by Gasteiger charge is 2.27. The van der Waals surface area contributed by atoms with E-state index in [1.165, 1.54) is 128 Å². The number of phosphoric acid groups is 1. The molecule has 336 valence electrons. The molecule has 0 aliphatic heterocycles. The van der Waals surface area contributed by atoms with Crippen LogP contribution in [0.25, 0.3) is 0 Å². The molecule has 2 atom stereocenters. The fourth-order valence-corrected chi connectivity index (χ4v) is 7.22. The zero-order chi connectivity index (χ0) is 42.1. The molecule has 57 heavy (non-hydrogen) atoms. The third kappa shape index (κ3) is 43.9. The minimum Gasteiger partial charge on any atom is -0.462 e. The summed E-state index contributed by atoms with van der Waals surface area (Å²) < 4.78 is 34.3. The predicted molar refractivity (Wildman–Crippen MR) is 238 cm³/mol. The Labute approximate surface area is 351 Å². The Hall–Kier alpha value is -1.51. The first-order valence-electron chi connectivity index (χ1n) is 23.6. The lowest BCUT2D eigenvalue weighted by Gasteiger charge is -2.24. The van der Waals surface area contributed by atoms with E-state index in [0.29, 0.717) is 17.4 Å². The number of phosphoric ester groups is 1. The van der Waals surface area contributed by atoms with Crippen molar-refractivity contribution in [1.82, 2.24) is 0 Å². The Kier molecular flexibility index (Phi) is 38.9. The van der Waals surface area contributed by atoms with E-state index in [-0.39, 0.29) is 32.0 Å². The average molecular weight is 829 g/mol. The highest BCUT2D eigenvalue weighted by atomic mass is 31.2. The van der Waals surface area contributed by atoms with Crippen LogP contribution in [0, 0.1) is 0 Å². The molecule has 0 aromatic rings.